The third-order valence-electron chi connectivity index (χ3n) is 2.74. The van der Waals surface area contributed by atoms with Gasteiger partial charge in [0.2, 0.25) is 0 Å². The second-order valence-corrected chi connectivity index (χ2v) is 4.84. The number of benzene rings is 1. The van der Waals surface area contributed by atoms with E-state index in [2.05, 4.69) is 11.6 Å². The van der Waals surface area contributed by atoms with Crippen molar-refractivity contribution in [2.24, 2.45) is 0 Å². The summed E-state index contributed by atoms with van der Waals surface area (Å²) in [5.74, 6) is 0.476. The smallest absolute Gasteiger partial charge is 0.127 e. The fraction of sp³-hybridized carbons (Fsp3) is 0.133. The molecular weight excluding hydrogens is 297 g/mol. The zero-order valence-corrected chi connectivity index (χ0v) is 12.1. The van der Waals surface area contributed by atoms with E-state index in [1.165, 1.54) is 0 Å². The molecule has 104 valence electrons. The van der Waals surface area contributed by atoms with Gasteiger partial charge in [-0.25, -0.2) is 0 Å². The molecule has 3 nitrogen and oxygen atoms in total. The highest BCUT2D eigenvalue weighted by molar-refractivity contribution is 6.42. The second-order valence-electron chi connectivity index (χ2n) is 4.06. The maximum absolute atomic E-state index is 10.5. The molecule has 1 atom stereocenters. The molecule has 0 aliphatic carbocycles. The first-order chi connectivity index (χ1) is 9.65. The SMILES string of the molecule is C=CCOc1ccc(Cl)c(Cl)c1C(O)c1ccncc1. The van der Waals surface area contributed by atoms with Crippen LogP contribution in [0.3, 0.4) is 0 Å². The molecule has 0 saturated heterocycles. The van der Waals surface area contributed by atoms with Crippen LogP contribution >= 0.6 is 23.2 Å². The van der Waals surface area contributed by atoms with Crippen LogP contribution in [0.1, 0.15) is 17.2 Å². The standard InChI is InChI=1S/C15H13Cl2NO2/c1-2-9-20-12-4-3-11(16)14(17)13(12)15(19)10-5-7-18-8-6-10/h2-8,15,19H,1,9H2. The van der Waals surface area contributed by atoms with E-state index in [-0.39, 0.29) is 5.02 Å². The highest BCUT2D eigenvalue weighted by Gasteiger charge is 2.21. The number of aliphatic hydroxyl groups is 1. The molecule has 2 aromatic rings. The average molecular weight is 310 g/mol. The number of hydrogen-bond acceptors (Lipinski definition) is 3. The quantitative estimate of drug-likeness (QED) is 0.848. The van der Waals surface area contributed by atoms with Crippen LogP contribution in [0.25, 0.3) is 0 Å². The Morgan fingerprint density at radius 2 is 1.95 bits per heavy atom. The molecule has 0 saturated carbocycles. The summed E-state index contributed by atoms with van der Waals surface area (Å²) < 4.78 is 5.53. The lowest BCUT2D eigenvalue weighted by Crippen LogP contribution is -2.05. The van der Waals surface area contributed by atoms with E-state index in [1.54, 1.807) is 42.7 Å². The van der Waals surface area contributed by atoms with Crippen molar-refractivity contribution in [1.82, 2.24) is 4.98 Å². The minimum Gasteiger partial charge on any atom is -0.489 e. The van der Waals surface area contributed by atoms with Crippen LogP contribution in [0.15, 0.2) is 49.3 Å². The van der Waals surface area contributed by atoms with Gasteiger partial charge < -0.3 is 9.84 Å². The maximum Gasteiger partial charge on any atom is 0.127 e. The van der Waals surface area contributed by atoms with Crippen LogP contribution in [0, 0.1) is 0 Å². The molecule has 1 aromatic carbocycles. The molecule has 0 fully saturated rings. The molecule has 2 rings (SSSR count). The topological polar surface area (TPSA) is 42.4 Å². The summed E-state index contributed by atoms with van der Waals surface area (Å²) >= 11 is 12.2. The molecule has 0 radical (unpaired) electrons. The number of rotatable bonds is 5. The van der Waals surface area contributed by atoms with Gasteiger partial charge in [0.25, 0.3) is 0 Å². The summed E-state index contributed by atoms with van der Waals surface area (Å²) in [4.78, 5) is 3.92. The van der Waals surface area contributed by atoms with E-state index in [9.17, 15) is 5.11 Å². The van der Waals surface area contributed by atoms with Gasteiger partial charge in [0.05, 0.1) is 10.0 Å². The lowest BCUT2D eigenvalue weighted by atomic mass is 10.0. The van der Waals surface area contributed by atoms with Gasteiger partial charge in [-0.05, 0) is 29.8 Å². The number of aromatic nitrogens is 1. The minimum absolute atomic E-state index is 0.276. The van der Waals surface area contributed by atoms with Crippen LogP contribution in [-0.4, -0.2) is 16.7 Å². The van der Waals surface area contributed by atoms with Crippen molar-refractivity contribution in [2.75, 3.05) is 6.61 Å². The molecule has 0 aliphatic rings. The monoisotopic (exact) mass is 309 g/mol. The number of ether oxygens (including phenoxy) is 1. The molecule has 1 aromatic heterocycles. The molecule has 1 heterocycles. The van der Waals surface area contributed by atoms with Gasteiger partial charge >= 0.3 is 0 Å². The molecule has 1 unspecified atom stereocenters. The maximum atomic E-state index is 10.5. The summed E-state index contributed by atoms with van der Waals surface area (Å²) in [6.45, 7) is 3.91. The Hall–Kier alpha value is -1.55. The Bertz CT molecular complexity index is 602. The highest BCUT2D eigenvalue weighted by Crippen LogP contribution is 2.39. The van der Waals surface area contributed by atoms with Crippen LogP contribution in [-0.2, 0) is 0 Å². The van der Waals surface area contributed by atoms with Crippen LogP contribution in [0.2, 0.25) is 10.0 Å². The Labute approximate surface area is 127 Å². The van der Waals surface area contributed by atoms with Crippen molar-refractivity contribution in [3.63, 3.8) is 0 Å². The average Bonchev–Trinajstić information content (AvgIpc) is 2.48. The summed E-state index contributed by atoms with van der Waals surface area (Å²) in [7, 11) is 0. The predicted octanol–water partition coefficient (Wildman–Crippen LogP) is 4.03. The van der Waals surface area contributed by atoms with Gasteiger partial charge in [-0.1, -0.05) is 35.9 Å². The summed E-state index contributed by atoms with van der Waals surface area (Å²) in [6, 6.07) is 6.72. The molecule has 0 aliphatic heterocycles. The lowest BCUT2D eigenvalue weighted by Gasteiger charge is -2.18. The van der Waals surface area contributed by atoms with E-state index in [1.807, 2.05) is 0 Å². The fourth-order valence-electron chi connectivity index (χ4n) is 1.79. The molecule has 20 heavy (non-hydrogen) atoms. The first kappa shape index (κ1) is 14.9. The predicted molar refractivity (Wildman–Crippen MR) is 80.5 cm³/mol. The molecule has 0 bridgehead atoms. The van der Waals surface area contributed by atoms with Gasteiger partial charge in [-0.15, -0.1) is 0 Å². The van der Waals surface area contributed by atoms with Crippen molar-refractivity contribution in [3.05, 3.63) is 70.5 Å². The third-order valence-corrected chi connectivity index (χ3v) is 3.56. The van der Waals surface area contributed by atoms with Gasteiger partial charge in [0.15, 0.2) is 0 Å². The molecule has 0 spiro atoms. The van der Waals surface area contributed by atoms with Crippen LogP contribution in [0.5, 0.6) is 5.75 Å². The third kappa shape index (κ3) is 3.12. The van der Waals surface area contributed by atoms with E-state index in [0.29, 0.717) is 28.5 Å². The van der Waals surface area contributed by atoms with Crippen LogP contribution in [0.4, 0.5) is 0 Å². The van der Waals surface area contributed by atoms with Gasteiger partial charge in [0.1, 0.15) is 18.5 Å². The number of nitrogens with zero attached hydrogens (tertiary/aromatic N) is 1. The second kappa shape index (κ2) is 6.75. The Morgan fingerprint density at radius 1 is 1.25 bits per heavy atom. The zero-order chi connectivity index (χ0) is 14.5. The van der Waals surface area contributed by atoms with Gasteiger partial charge in [0, 0.05) is 18.0 Å². The van der Waals surface area contributed by atoms with Gasteiger partial charge in [-0.2, -0.15) is 0 Å². The number of aliphatic hydroxyl groups excluding tert-OH is 1. The van der Waals surface area contributed by atoms with E-state index in [0.717, 1.165) is 0 Å². The molecular formula is C15H13Cl2NO2. The van der Waals surface area contributed by atoms with Crippen molar-refractivity contribution in [1.29, 1.82) is 0 Å². The summed E-state index contributed by atoms with van der Waals surface area (Å²) in [5, 5.41) is 11.1. The van der Waals surface area contributed by atoms with Crippen molar-refractivity contribution in [2.45, 2.75) is 6.10 Å². The minimum atomic E-state index is -0.941. The van der Waals surface area contributed by atoms with Crippen molar-refractivity contribution < 1.29 is 9.84 Å². The molecule has 5 heteroatoms. The summed E-state index contributed by atoms with van der Waals surface area (Å²) in [5.41, 5.74) is 1.10. The van der Waals surface area contributed by atoms with Crippen molar-refractivity contribution in [3.8, 4) is 5.75 Å². The largest absolute Gasteiger partial charge is 0.489 e. The Kier molecular flexibility index (Phi) is 5.01. The molecule has 0 amide bonds. The first-order valence-electron chi connectivity index (χ1n) is 5.94. The summed E-state index contributed by atoms with van der Waals surface area (Å²) in [6.07, 6.45) is 3.87. The van der Waals surface area contributed by atoms with E-state index in [4.69, 9.17) is 27.9 Å². The first-order valence-corrected chi connectivity index (χ1v) is 6.70. The van der Waals surface area contributed by atoms with Gasteiger partial charge in [-0.3, -0.25) is 4.98 Å². The van der Waals surface area contributed by atoms with E-state index >= 15 is 0 Å². The van der Waals surface area contributed by atoms with Crippen molar-refractivity contribution >= 4 is 23.2 Å². The fourth-order valence-corrected chi connectivity index (χ4v) is 2.21. The molecule has 1 N–H and O–H groups in total. The zero-order valence-electron chi connectivity index (χ0n) is 10.6. The lowest BCUT2D eigenvalue weighted by molar-refractivity contribution is 0.213. The normalized spacial score (nSPS) is 11.9. The Morgan fingerprint density at radius 3 is 2.60 bits per heavy atom. The highest BCUT2D eigenvalue weighted by atomic mass is 35.5. The number of hydrogen-bond donors (Lipinski definition) is 1. The number of pyridine rings is 1. The van der Waals surface area contributed by atoms with Crippen LogP contribution < -0.4 is 4.74 Å². The number of halogens is 2. The Balaban J connectivity index is 2.47. The van der Waals surface area contributed by atoms with E-state index < -0.39 is 6.10 Å².